The molecule has 1 heterocycles. The van der Waals surface area contributed by atoms with Gasteiger partial charge in [-0.15, -0.1) is 0 Å². The minimum absolute atomic E-state index is 0.149. The van der Waals surface area contributed by atoms with Crippen molar-refractivity contribution in [3.05, 3.63) is 29.6 Å². The normalized spacial score (nSPS) is 14.3. The van der Waals surface area contributed by atoms with Crippen LogP contribution in [0.5, 0.6) is 0 Å². The third-order valence-electron chi connectivity index (χ3n) is 3.12. The molecule has 0 aliphatic heterocycles. The van der Waals surface area contributed by atoms with Gasteiger partial charge >= 0.3 is 0 Å². The molecule has 4 heteroatoms. The first-order valence-electron chi connectivity index (χ1n) is 6.23. The number of aromatic nitrogens is 1. The molecule has 18 heavy (non-hydrogen) atoms. The summed E-state index contributed by atoms with van der Waals surface area (Å²) in [6.45, 7) is 1.01. The van der Waals surface area contributed by atoms with Gasteiger partial charge in [0.05, 0.1) is 12.1 Å². The molecular weight excluding hydrogens is 226 g/mol. The van der Waals surface area contributed by atoms with E-state index >= 15 is 0 Å². The smallest absolute Gasteiger partial charge is 0.271 e. The lowest BCUT2D eigenvalue weighted by Gasteiger charge is -2.25. The third kappa shape index (κ3) is 3.08. The van der Waals surface area contributed by atoms with Crippen LogP contribution >= 0.6 is 0 Å². The van der Waals surface area contributed by atoms with Crippen LogP contribution in [0.2, 0.25) is 0 Å². The fourth-order valence-electron chi connectivity index (χ4n) is 1.85. The van der Waals surface area contributed by atoms with Crippen molar-refractivity contribution in [2.24, 2.45) is 11.7 Å². The maximum atomic E-state index is 12.0. The minimum atomic E-state index is -0.149. The van der Waals surface area contributed by atoms with Gasteiger partial charge < -0.3 is 11.1 Å². The van der Waals surface area contributed by atoms with E-state index < -0.39 is 0 Å². The van der Waals surface area contributed by atoms with Crippen LogP contribution in [0.25, 0.3) is 0 Å². The highest BCUT2D eigenvalue weighted by molar-refractivity contribution is 5.94. The lowest BCUT2D eigenvalue weighted by atomic mass is 9.85. The van der Waals surface area contributed by atoms with Crippen LogP contribution in [0.15, 0.2) is 18.3 Å². The standard InChI is InChI=1S/C14H17N3O/c15-8-2-6-12-7-3-9-16-13(12)14(18)17-10-11-4-1-5-11/h3,7,9,11H,1,4-5,8,10,15H2,(H,17,18). The zero-order valence-electron chi connectivity index (χ0n) is 10.3. The van der Waals surface area contributed by atoms with Crippen LogP contribution in [-0.2, 0) is 0 Å². The molecule has 0 bridgehead atoms. The zero-order chi connectivity index (χ0) is 12.8. The maximum Gasteiger partial charge on any atom is 0.271 e. The topological polar surface area (TPSA) is 68.0 Å². The maximum absolute atomic E-state index is 12.0. The Kier molecular flexibility index (Phi) is 4.32. The van der Waals surface area contributed by atoms with Gasteiger partial charge in [0.25, 0.3) is 5.91 Å². The Labute approximate surface area is 107 Å². The zero-order valence-corrected chi connectivity index (χ0v) is 10.3. The van der Waals surface area contributed by atoms with E-state index in [1.54, 1.807) is 18.3 Å². The average Bonchev–Trinajstić information content (AvgIpc) is 2.34. The second kappa shape index (κ2) is 6.18. The predicted molar refractivity (Wildman–Crippen MR) is 69.8 cm³/mol. The van der Waals surface area contributed by atoms with Crippen molar-refractivity contribution in [2.45, 2.75) is 19.3 Å². The SMILES string of the molecule is NCC#Cc1cccnc1C(=O)NCC1CCC1. The van der Waals surface area contributed by atoms with Crippen molar-refractivity contribution in [1.29, 1.82) is 0 Å². The molecule has 2 rings (SSSR count). The molecule has 1 aromatic rings. The predicted octanol–water partition coefficient (Wildman–Crippen LogP) is 0.922. The van der Waals surface area contributed by atoms with Gasteiger partial charge in [-0.2, -0.15) is 0 Å². The quantitative estimate of drug-likeness (QED) is 0.776. The summed E-state index contributed by atoms with van der Waals surface area (Å²) in [7, 11) is 0. The minimum Gasteiger partial charge on any atom is -0.350 e. The molecule has 0 unspecified atom stereocenters. The molecule has 3 N–H and O–H groups in total. The number of nitrogens with one attached hydrogen (secondary N) is 1. The van der Waals surface area contributed by atoms with Crippen molar-refractivity contribution < 1.29 is 4.79 Å². The second-order valence-corrected chi connectivity index (χ2v) is 4.41. The number of carbonyl (C=O) groups excluding carboxylic acids is 1. The van der Waals surface area contributed by atoms with E-state index in [0.29, 0.717) is 17.2 Å². The second-order valence-electron chi connectivity index (χ2n) is 4.41. The molecule has 4 nitrogen and oxygen atoms in total. The molecule has 1 saturated carbocycles. The molecule has 1 amide bonds. The molecule has 1 aliphatic carbocycles. The summed E-state index contributed by atoms with van der Waals surface area (Å²) in [5.41, 5.74) is 6.35. The van der Waals surface area contributed by atoms with Crippen LogP contribution in [0.1, 0.15) is 35.3 Å². The number of nitrogens with zero attached hydrogens (tertiary/aromatic N) is 1. The first kappa shape index (κ1) is 12.6. The van der Waals surface area contributed by atoms with Gasteiger partial charge in [0.15, 0.2) is 0 Å². The number of rotatable bonds is 3. The molecular formula is C14H17N3O. The van der Waals surface area contributed by atoms with Crippen LogP contribution in [-0.4, -0.2) is 24.0 Å². The molecule has 1 aliphatic rings. The molecule has 0 atom stereocenters. The Bertz CT molecular complexity index is 483. The van der Waals surface area contributed by atoms with Gasteiger partial charge in [-0.25, -0.2) is 4.98 Å². The summed E-state index contributed by atoms with van der Waals surface area (Å²) in [5, 5.41) is 2.92. The van der Waals surface area contributed by atoms with E-state index in [-0.39, 0.29) is 12.5 Å². The molecule has 0 spiro atoms. The molecule has 0 radical (unpaired) electrons. The Morgan fingerprint density at radius 1 is 1.56 bits per heavy atom. The van der Waals surface area contributed by atoms with Crippen LogP contribution in [0.3, 0.4) is 0 Å². The number of amides is 1. The Morgan fingerprint density at radius 2 is 2.39 bits per heavy atom. The monoisotopic (exact) mass is 243 g/mol. The molecule has 94 valence electrons. The van der Waals surface area contributed by atoms with Gasteiger partial charge in [-0.1, -0.05) is 18.3 Å². The van der Waals surface area contributed by atoms with Crippen molar-refractivity contribution in [3.8, 4) is 11.8 Å². The molecule has 0 saturated heterocycles. The Morgan fingerprint density at radius 3 is 3.06 bits per heavy atom. The van der Waals surface area contributed by atoms with Crippen LogP contribution in [0, 0.1) is 17.8 Å². The first-order chi connectivity index (χ1) is 8.81. The number of hydrogen-bond acceptors (Lipinski definition) is 3. The Balaban J connectivity index is 2.03. The number of hydrogen-bond donors (Lipinski definition) is 2. The summed E-state index contributed by atoms with van der Waals surface area (Å²) in [4.78, 5) is 16.1. The highest BCUT2D eigenvalue weighted by Gasteiger charge is 2.19. The fraction of sp³-hybridized carbons (Fsp3) is 0.429. The third-order valence-corrected chi connectivity index (χ3v) is 3.12. The summed E-state index contributed by atoms with van der Waals surface area (Å²) < 4.78 is 0. The van der Waals surface area contributed by atoms with E-state index in [0.717, 1.165) is 6.54 Å². The first-order valence-corrected chi connectivity index (χ1v) is 6.23. The summed E-state index contributed by atoms with van der Waals surface area (Å²) in [6.07, 6.45) is 5.30. The van der Waals surface area contributed by atoms with E-state index in [2.05, 4.69) is 22.1 Å². The molecule has 1 aromatic heterocycles. The van der Waals surface area contributed by atoms with Crippen LogP contribution in [0.4, 0.5) is 0 Å². The number of carbonyl (C=O) groups is 1. The Hall–Kier alpha value is -1.86. The van der Waals surface area contributed by atoms with Crippen molar-refractivity contribution >= 4 is 5.91 Å². The van der Waals surface area contributed by atoms with Gasteiger partial charge in [0.2, 0.25) is 0 Å². The van der Waals surface area contributed by atoms with Crippen molar-refractivity contribution in [2.75, 3.05) is 13.1 Å². The molecule has 1 fully saturated rings. The summed E-state index contributed by atoms with van der Waals surface area (Å²) >= 11 is 0. The van der Waals surface area contributed by atoms with E-state index in [4.69, 9.17) is 5.73 Å². The van der Waals surface area contributed by atoms with E-state index in [1.165, 1.54) is 19.3 Å². The number of nitrogens with two attached hydrogens (primary N) is 1. The number of pyridine rings is 1. The lowest BCUT2D eigenvalue weighted by molar-refractivity contribution is 0.0934. The van der Waals surface area contributed by atoms with Gasteiger partial charge in [0.1, 0.15) is 5.69 Å². The summed E-state index contributed by atoms with van der Waals surface area (Å²) in [6, 6.07) is 3.55. The largest absolute Gasteiger partial charge is 0.350 e. The fourth-order valence-corrected chi connectivity index (χ4v) is 1.85. The van der Waals surface area contributed by atoms with Crippen molar-refractivity contribution in [3.63, 3.8) is 0 Å². The highest BCUT2D eigenvalue weighted by Crippen LogP contribution is 2.25. The summed E-state index contributed by atoms with van der Waals surface area (Å²) in [5.74, 6) is 6.10. The lowest BCUT2D eigenvalue weighted by Crippen LogP contribution is -2.33. The van der Waals surface area contributed by atoms with E-state index in [9.17, 15) is 4.79 Å². The van der Waals surface area contributed by atoms with Gasteiger partial charge in [-0.05, 0) is 30.9 Å². The van der Waals surface area contributed by atoms with Gasteiger partial charge in [-0.3, -0.25) is 4.79 Å². The van der Waals surface area contributed by atoms with Gasteiger partial charge in [0, 0.05) is 12.7 Å². The van der Waals surface area contributed by atoms with Crippen LogP contribution < -0.4 is 11.1 Å². The highest BCUT2D eigenvalue weighted by atomic mass is 16.1. The van der Waals surface area contributed by atoms with E-state index in [1.807, 2.05) is 0 Å². The average molecular weight is 243 g/mol. The molecule has 0 aromatic carbocycles. The van der Waals surface area contributed by atoms with Crippen molar-refractivity contribution in [1.82, 2.24) is 10.3 Å².